The van der Waals surface area contributed by atoms with Crippen molar-refractivity contribution in [2.45, 2.75) is 16.9 Å². The van der Waals surface area contributed by atoms with Gasteiger partial charge in [-0.3, -0.25) is 4.79 Å². The molecule has 1 amide bonds. The van der Waals surface area contributed by atoms with E-state index in [0.29, 0.717) is 0 Å². The van der Waals surface area contributed by atoms with Crippen LogP contribution in [0.1, 0.15) is 11.1 Å². The summed E-state index contributed by atoms with van der Waals surface area (Å²) in [5.74, 6) is -0.422. The van der Waals surface area contributed by atoms with Crippen LogP contribution in [0.3, 0.4) is 0 Å². The number of hydrogen-bond donors (Lipinski definition) is 3. The van der Waals surface area contributed by atoms with E-state index in [4.69, 9.17) is 47.0 Å². The average molecular weight is 449 g/mol. The molecule has 4 nitrogen and oxygen atoms in total. The Morgan fingerprint density at radius 3 is 2.62 bits per heavy atom. The van der Waals surface area contributed by atoms with Crippen LogP contribution in [0.2, 0.25) is 0 Å². The van der Waals surface area contributed by atoms with Crippen LogP contribution >= 0.6 is 58.4 Å². The fourth-order valence-corrected chi connectivity index (χ4v) is 3.21. The van der Waals surface area contributed by atoms with Crippen LogP contribution in [-0.4, -0.2) is 21.0 Å². The summed E-state index contributed by atoms with van der Waals surface area (Å²) in [4.78, 5) is 12.2. The van der Waals surface area contributed by atoms with Crippen molar-refractivity contribution >= 4 is 80.5 Å². The van der Waals surface area contributed by atoms with Crippen molar-refractivity contribution in [3.63, 3.8) is 0 Å². The number of thiophene rings is 1. The van der Waals surface area contributed by atoms with E-state index in [-0.39, 0.29) is 5.11 Å². The van der Waals surface area contributed by atoms with Crippen molar-refractivity contribution in [1.82, 2.24) is 10.6 Å². The zero-order valence-corrected chi connectivity index (χ0v) is 17.5. The maximum Gasteiger partial charge on any atom is 0.245 e. The molecule has 2 rings (SSSR count). The molecule has 1 heterocycles. The van der Waals surface area contributed by atoms with Gasteiger partial charge in [0.25, 0.3) is 0 Å². The molecule has 0 radical (unpaired) electrons. The van der Waals surface area contributed by atoms with Gasteiger partial charge in [-0.05, 0) is 48.3 Å². The highest BCUT2D eigenvalue weighted by Gasteiger charge is 2.34. The van der Waals surface area contributed by atoms with E-state index in [9.17, 15) is 4.79 Å². The molecule has 9 heteroatoms. The Morgan fingerprint density at radius 1 is 1.23 bits per heavy atom. The second-order valence-corrected chi connectivity index (χ2v) is 9.03. The first kappa shape index (κ1) is 21.0. The Morgan fingerprint density at radius 2 is 2.00 bits per heavy atom. The van der Waals surface area contributed by atoms with Crippen LogP contribution in [0.15, 0.2) is 47.9 Å². The van der Waals surface area contributed by atoms with Crippen LogP contribution in [0.5, 0.6) is 0 Å². The maximum absolute atomic E-state index is 12.2. The van der Waals surface area contributed by atoms with Gasteiger partial charge in [0, 0.05) is 6.08 Å². The van der Waals surface area contributed by atoms with Crippen molar-refractivity contribution in [2.24, 2.45) is 0 Å². The van der Waals surface area contributed by atoms with E-state index in [1.165, 1.54) is 17.4 Å². The summed E-state index contributed by atoms with van der Waals surface area (Å²) in [6, 6.07) is 11.5. The van der Waals surface area contributed by atoms with Crippen molar-refractivity contribution < 1.29 is 4.79 Å². The Hall–Kier alpha value is -1.31. The SMILES string of the molecule is Cc1cccc(/C=C/C(=O)NC(NC(=S)Nc2cccs2)C(Cl)(Cl)Cl)c1. The first-order valence-corrected chi connectivity index (χ1v) is 9.89. The van der Waals surface area contributed by atoms with E-state index in [1.807, 2.05) is 48.7 Å². The Kier molecular flexibility index (Phi) is 7.73. The number of benzene rings is 1. The number of amides is 1. The van der Waals surface area contributed by atoms with Crippen LogP contribution in [-0.2, 0) is 4.79 Å². The molecule has 0 bridgehead atoms. The lowest BCUT2D eigenvalue weighted by molar-refractivity contribution is -0.117. The summed E-state index contributed by atoms with van der Waals surface area (Å²) in [5.41, 5.74) is 1.99. The first-order chi connectivity index (χ1) is 12.2. The molecular formula is C17H16Cl3N3OS2. The van der Waals surface area contributed by atoms with E-state index >= 15 is 0 Å². The molecule has 1 atom stereocenters. The molecule has 1 unspecified atom stereocenters. The van der Waals surface area contributed by atoms with Gasteiger partial charge >= 0.3 is 0 Å². The van der Waals surface area contributed by atoms with Crippen LogP contribution < -0.4 is 16.0 Å². The van der Waals surface area contributed by atoms with Crippen LogP contribution in [0, 0.1) is 6.92 Å². The van der Waals surface area contributed by atoms with Crippen molar-refractivity contribution in [1.29, 1.82) is 0 Å². The molecule has 0 aliphatic rings. The van der Waals surface area contributed by atoms with E-state index < -0.39 is 15.9 Å². The largest absolute Gasteiger partial charge is 0.339 e. The number of thiocarbonyl (C=S) groups is 1. The quantitative estimate of drug-likeness (QED) is 0.264. The first-order valence-electron chi connectivity index (χ1n) is 7.47. The van der Waals surface area contributed by atoms with Gasteiger partial charge < -0.3 is 16.0 Å². The molecule has 0 spiro atoms. The van der Waals surface area contributed by atoms with Gasteiger partial charge in [-0.1, -0.05) is 64.6 Å². The highest BCUT2D eigenvalue weighted by Crippen LogP contribution is 2.29. The molecule has 3 N–H and O–H groups in total. The second-order valence-electron chi connectivity index (χ2n) is 5.31. The Bertz CT molecular complexity index is 789. The standard InChI is InChI=1S/C17H16Cl3N3OS2/c1-11-4-2-5-12(10-11)7-8-13(24)21-15(17(18,19)20)23-16(25)22-14-6-3-9-26-14/h2-10,15H,1H3,(H,21,24)(H2,22,23,25)/b8-7+. The van der Waals surface area contributed by atoms with Crippen molar-refractivity contribution in [2.75, 3.05) is 5.32 Å². The molecule has 1 aromatic heterocycles. The third kappa shape index (κ3) is 7.13. The number of rotatable bonds is 5. The van der Waals surface area contributed by atoms with Crippen LogP contribution in [0.4, 0.5) is 5.00 Å². The highest BCUT2D eigenvalue weighted by molar-refractivity contribution is 7.80. The summed E-state index contributed by atoms with van der Waals surface area (Å²) < 4.78 is -1.80. The van der Waals surface area contributed by atoms with Crippen molar-refractivity contribution in [3.8, 4) is 0 Å². The number of alkyl halides is 3. The Balaban J connectivity index is 1.98. The summed E-state index contributed by atoms with van der Waals surface area (Å²) in [5, 5.41) is 11.3. The minimum Gasteiger partial charge on any atom is -0.339 e. The zero-order chi connectivity index (χ0) is 19.2. The number of carbonyl (C=O) groups excluding carboxylic acids is 1. The smallest absolute Gasteiger partial charge is 0.245 e. The summed E-state index contributed by atoms with van der Waals surface area (Å²) in [7, 11) is 0. The highest BCUT2D eigenvalue weighted by atomic mass is 35.6. The lowest BCUT2D eigenvalue weighted by Crippen LogP contribution is -2.55. The molecule has 0 aliphatic heterocycles. The molecule has 0 saturated carbocycles. The molecule has 26 heavy (non-hydrogen) atoms. The summed E-state index contributed by atoms with van der Waals surface area (Å²) in [6.07, 6.45) is 2.04. The molecule has 138 valence electrons. The molecule has 0 fully saturated rings. The van der Waals surface area contributed by atoms with Crippen molar-refractivity contribution in [3.05, 3.63) is 59.0 Å². The molecular weight excluding hydrogens is 433 g/mol. The third-order valence-corrected chi connectivity index (χ3v) is 4.78. The molecule has 0 saturated heterocycles. The molecule has 0 aliphatic carbocycles. The minimum absolute atomic E-state index is 0.228. The van der Waals surface area contributed by atoms with E-state index in [0.717, 1.165) is 16.1 Å². The van der Waals surface area contributed by atoms with Gasteiger partial charge in [-0.2, -0.15) is 0 Å². The van der Waals surface area contributed by atoms with Gasteiger partial charge in [-0.25, -0.2) is 0 Å². The maximum atomic E-state index is 12.2. The normalized spacial score (nSPS) is 12.6. The zero-order valence-electron chi connectivity index (χ0n) is 13.6. The number of aryl methyl sites for hydroxylation is 1. The fraction of sp³-hybridized carbons (Fsp3) is 0.176. The Labute approximate surface area is 176 Å². The summed E-state index contributed by atoms with van der Waals surface area (Å²) in [6.45, 7) is 1.97. The minimum atomic E-state index is -1.80. The van der Waals surface area contributed by atoms with Gasteiger partial charge in [0.2, 0.25) is 9.70 Å². The fourth-order valence-electron chi connectivity index (χ4n) is 1.96. The summed E-state index contributed by atoms with van der Waals surface area (Å²) >= 11 is 24.5. The number of carbonyl (C=O) groups is 1. The van der Waals surface area contributed by atoms with E-state index in [2.05, 4.69) is 16.0 Å². The topological polar surface area (TPSA) is 53.2 Å². The lowest BCUT2D eigenvalue weighted by atomic mass is 10.1. The second kappa shape index (κ2) is 9.58. The van der Waals surface area contributed by atoms with Gasteiger partial charge in [0.1, 0.15) is 6.17 Å². The van der Waals surface area contributed by atoms with Gasteiger partial charge in [0.05, 0.1) is 5.00 Å². The average Bonchev–Trinajstić information content (AvgIpc) is 3.04. The monoisotopic (exact) mass is 447 g/mol. The molecule has 1 aromatic carbocycles. The van der Waals surface area contributed by atoms with Gasteiger partial charge in [-0.15, -0.1) is 11.3 Å². The predicted octanol–water partition coefficient (Wildman–Crippen LogP) is 4.87. The molecule has 2 aromatic rings. The van der Waals surface area contributed by atoms with Crippen LogP contribution in [0.25, 0.3) is 6.08 Å². The number of anilines is 1. The lowest BCUT2D eigenvalue weighted by Gasteiger charge is -2.27. The third-order valence-electron chi connectivity index (χ3n) is 3.12. The van der Waals surface area contributed by atoms with Gasteiger partial charge in [0.15, 0.2) is 5.11 Å². The number of halogens is 3. The number of hydrogen-bond acceptors (Lipinski definition) is 3. The number of nitrogens with one attached hydrogen (secondary N) is 3. The van der Waals surface area contributed by atoms with E-state index in [1.54, 1.807) is 6.08 Å². The predicted molar refractivity (Wildman–Crippen MR) is 116 cm³/mol.